The maximum atomic E-state index is 14.3. The van der Waals surface area contributed by atoms with Gasteiger partial charge in [-0.15, -0.1) is 0 Å². The van der Waals surface area contributed by atoms with Crippen molar-refractivity contribution in [1.29, 1.82) is 0 Å². The van der Waals surface area contributed by atoms with Crippen molar-refractivity contribution in [1.82, 2.24) is 0 Å². The lowest BCUT2D eigenvalue weighted by Gasteiger charge is -2.71. The maximum Gasteiger partial charge on any atom is 0.337 e. The van der Waals surface area contributed by atoms with Crippen LogP contribution in [-0.4, -0.2) is 240 Å². The van der Waals surface area contributed by atoms with Gasteiger partial charge in [-0.25, -0.2) is 4.79 Å². The highest BCUT2D eigenvalue weighted by Gasteiger charge is 2.71. The first-order chi connectivity index (χ1) is 36.5. The lowest BCUT2D eigenvalue weighted by molar-refractivity contribution is -0.407. The third-order valence-electron chi connectivity index (χ3n) is 20.9. The molecule has 28 atom stereocenters. The number of esters is 1. The van der Waals surface area contributed by atoms with Crippen LogP contribution in [0.4, 0.5) is 0 Å². The number of allylic oxidation sites excluding steroid dienone is 1. The van der Waals surface area contributed by atoms with E-state index >= 15 is 0 Å². The molecule has 0 aromatic heterocycles. The molecule has 24 nitrogen and oxygen atoms in total. The Balaban J connectivity index is 1.06. The monoisotopic (exact) mass is 1120 g/mol. The van der Waals surface area contributed by atoms with Gasteiger partial charge in [0.25, 0.3) is 0 Å². The summed E-state index contributed by atoms with van der Waals surface area (Å²) in [6.07, 6.45) is -31.1. The van der Waals surface area contributed by atoms with Gasteiger partial charge in [-0.2, -0.15) is 0 Å². The molecule has 446 valence electrons. The Hall–Kier alpha value is -1.96. The van der Waals surface area contributed by atoms with Crippen LogP contribution in [0.25, 0.3) is 0 Å². The first kappa shape index (κ1) is 60.6. The smallest absolute Gasteiger partial charge is 0.337 e. The van der Waals surface area contributed by atoms with Crippen LogP contribution >= 0.6 is 0 Å². The van der Waals surface area contributed by atoms with Crippen molar-refractivity contribution in [2.45, 2.75) is 241 Å². The first-order valence-electron chi connectivity index (χ1n) is 27.7. The van der Waals surface area contributed by atoms with Gasteiger partial charge in [0.15, 0.2) is 31.3 Å². The number of rotatable bonds is 12. The van der Waals surface area contributed by atoms with Crippen molar-refractivity contribution in [3.63, 3.8) is 0 Å². The predicted octanol–water partition coefficient (Wildman–Crippen LogP) is -2.45. The van der Waals surface area contributed by atoms with Crippen molar-refractivity contribution in [3.8, 4) is 0 Å². The second kappa shape index (κ2) is 21.9. The average Bonchev–Trinajstić information content (AvgIpc) is 3.41. The standard InChI is InChI=1S/C54H86O24/c1-49(2)14-11-22-23(58)17-53(7)29(54(22,69)21-49)10-9-28-51(5)15-13-30(50(3,4)27(51)12-16-52(28,53)6)74-48-43(78-46-38(66)35(63)32(60)25(19-56)72-46)40(39(67)41(76-48)44(68)70-8)75-47-42(36(64)33(61)26(20-57)73-47)77-45-37(65)34(62)31(59)24(18-55)71-45/h10,22,24-28,30-43,45-48,55-57,59-67,69H,9,11-21H2,1-8H3. The molecule has 9 aliphatic rings. The van der Waals surface area contributed by atoms with Crippen molar-refractivity contribution in [2.75, 3.05) is 26.9 Å². The highest BCUT2D eigenvalue weighted by molar-refractivity contribution is 5.86. The quantitative estimate of drug-likeness (QED) is 0.0548. The van der Waals surface area contributed by atoms with Gasteiger partial charge in [0.2, 0.25) is 0 Å². The van der Waals surface area contributed by atoms with Gasteiger partial charge in [-0.05, 0) is 90.4 Å². The number of hydrogen-bond donors (Lipinski definition) is 13. The summed E-state index contributed by atoms with van der Waals surface area (Å²) in [5.41, 5.74) is -2.48. The number of carbonyl (C=O) groups excluding carboxylic acids is 2. The molecular formula is C54H86O24. The molecule has 0 aromatic carbocycles. The van der Waals surface area contributed by atoms with Crippen molar-refractivity contribution >= 4 is 11.8 Å². The average molecular weight is 1120 g/mol. The van der Waals surface area contributed by atoms with Crippen molar-refractivity contribution < 1.29 is 119 Å². The van der Waals surface area contributed by atoms with Crippen molar-refractivity contribution in [2.24, 2.45) is 44.8 Å². The van der Waals surface area contributed by atoms with Gasteiger partial charge in [0, 0.05) is 11.8 Å². The molecule has 0 bridgehead atoms. The molecule has 24 heteroatoms. The van der Waals surface area contributed by atoms with E-state index in [0.29, 0.717) is 44.9 Å². The normalized spacial score (nSPS) is 52.9. The Morgan fingerprint density at radius 3 is 1.68 bits per heavy atom. The summed E-state index contributed by atoms with van der Waals surface area (Å²) >= 11 is 0. The van der Waals surface area contributed by atoms with E-state index in [-0.39, 0.29) is 33.9 Å². The summed E-state index contributed by atoms with van der Waals surface area (Å²) in [6.45, 7) is 12.5. The number of aliphatic hydroxyl groups excluding tert-OH is 12. The molecule has 13 N–H and O–H groups in total. The van der Waals surface area contributed by atoms with Crippen LogP contribution in [0.2, 0.25) is 0 Å². The molecule has 0 spiro atoms. The van der Waals surface area contributed by atoms with Crippen LogP contribution < -0.4 is 0 Å². The molecular weight excluding hydrogens is 1030 g/mol. The van der Waals surface area contributed by atoms with Crippen LogP contribution in [-0.2, 0) is 52.2 Å². The Morgan fingerprint density at radius 1 is 0.590 bits per heavy atom. The molecule has 4 saturated heterocycles. The second-order valence-corrected chi connectivity index (χ2v) is 26.1. The SMILES string of the molecule is COC(=O)C1OC(OC2CCC3(C)C(CCC4(C)C3CC=C3C5(O)CC(C)(C)CCC5C(=O)CC34C)C2(C)C)C(OC2OC(CO)C(O)C(O)C2O)C(OC2OC(CO)C(O)C(O)C2OC2OC(CO)C(O)C(O)C2O)C1O. The van der Waals surface area contributed by atoms with Crippen LogP contribution in [0.1, 0.15) is 106 Å². The molecule has 9 rings (SSSR count). The summed E-state index contributed by atoms with van der Waals surface area (Å²) in [7, 11) is 1.03. The lowest BCUT2D eigenvalue weighted by atomic mass is 9.34. The molecule has 28 unspecified atom stereocenters. The molecule has 5 aliphatic carbocycles. The Morgan fingerprint density at radius 2 is 1.12 bits per heavy atom. The Labute approximate surface area is 453 Å². The zero-order valence-electron chi connectivity index (χ0n) is 45.7. The Bertz CT molecular complexity index is 2190. The topological polar surface area (TPSA) is 380 Å². The van der Waals surface area contributed by atoms with Crippen LogP contribution in [0, 0.1) is 44.8 Å². The maximum absolute atomic E-state index is 14.3. The molecule has 78 heavy (non-hydrogen) atoms. The number of aliphatic hydroxyl groups is 13. The minimum atomic E-state index is -2.15. The second-order valence-electron chi connectivity index (χ2n) is 26.1. The van der Waals surface area contributed by atoms with Crippen molar-refractivity contribution in [3.05, 3.63) is 11.6 Å². The molecule has 4 aliphatic heterocycles. The van der Waals surface area contributed by atoms with E-state index in [1.165, 1.54) is 0 Å². The number of methoxy groups -OCH3 is 1. The predicted molar refractivity (Wildman–Crippen MR) is 263 cm³/mol. The zero-order chi connectivity index (χ0) is 57.1. The van der Waals surface area contributed by atoms with Gasteiger partial charge in [0.1, 0.15) is 97.3 Å². The number of fused-ring (bicyclic) bond motifs is 7. The van der Waals surface area contributed by atoms with E-state index in [1.54, 1.807) is 0 Å². The van der Waals surface area contributed by atoms with Crippen LogP contribution in [0.15, 0.2) is 11.6 Å². The third kappa shape index (κ3) is 9.77. The summed E-state index contributed by atoms with van der Waals surface area (Å²) in [5, 5.41) is 143. The fourth-order valence-corrected chi connectivity index (χ4v) is 16.4. The van der Waals surface area contributed by atoms with Gasteiger partial charge < -0.3 is 109 Å². The van der Waals surface area contributed by atoms with Gasteiger partial charge in [-0.3, -0.25) is 4.79 Å². The minimum absolute atomic E-state index is 0.0501. The highest BCUT2D eigenvalue weighted by Crippen LogP contribution is 2.75. The van der Waals surface area contributed by atoms with Crippen LogP contribution in [0.3, 0.4) is 0 Å². The number of ether oxygens (including phenoxy) is 9. The summed E-state index contributed by atoms with van der Waals surface area (Å²) in [5.74, 6) is -1.45. The number of ketones is 1. The van der Waals surface area contributed by atoms with E-state index < -0.39 is 177 Å². The molecule has 4 saturated carbocycles. The molecule has 8 fully saturated rings. The number of hydrogen-bond acceptors (Lipinski definition) is 24. The summed E-state index contributed by atoms with van der Waals surface area (Å²) in [4.78, 5) is 28.0. The van der Waals surface area contributed by atoms with Crippen LogP contribution in [0.5, 0.6) is 0 Å². The first-order valence-corrected chi connectivity index (χ1v) is 27.7. The molecule has 0 aromatic rings. The fourth-order valence-electron chi connectivity index (χ4n) is 16.4. The summed E-state index contributed by atoms with van der Waals surface area (Å²) in [6, 6.07) is 0. The fraction of sp³-hybridized carbons (Fsp3) is 0.926. The lowest BCUT2D eigenvalue weighted by Crippen LogP contribution is -2.69. The molecule has 0 amide bonds. The highest BCUT2D eigenvalue weighted by atomic mass is 16.8. The minimum Gasteiger partial charge on any atom is -0.467 e. The third-order valence-corrected chi connectivity index (χ3v) is 20.9. The summed E-state index contributed by atoms with van der Waals surface area (Å²) < 4.78 is 54.4. The van der Waals surface area contributed by atoms with Gasteiger partial charge >= 0.3 is 5.97 Å². The van der Waals surface area contributed by atoms with E-state index in [0.717, 1.165) is 25.5 Å². The molecule has 0 radical (unpaired) electrons. The largest absolute Gasteiger partial charge is 0.467 e. The Kier molecular flexibility index (Phi) is 17.0. The number of carbonyl (C=O) groups is 2. The van der Waals surface area contributed by atoms with E-state index in [2.05, 4.69) is 54.5 Å². The number of Topliss-reactive ketones (excluding diaryl/α,β-unsaturated/α-hetero) is 1. The molecule has 4 heterocycles. The van der Waals surface area contributed by atoms with E-state index in [9.17, 15) is 76.0 Å². The zero-order valence-corrected chi connectivity index (χ0v) is 45.7. The van der Waals surface area contributed by atoms with Gasteiger partial charge in [0.05, 0.1) is 44.6 Å². The van der Waals surface area contributed by atoms with Gasteiger partial charge in [-0.1, -0.05) is 54.5 Å². The van der Waals surface area contributed by atoms with E-state index in [4.69, 9.17) is 42.6 Å². The van der Waals surface area contributed by atoms with E-state index in [1.807, 2.05) is 0 Å².